The van der Waals surface area contributed by atoms with Crippen molar-refractivity contribution in [3.63, 3.8) is 0 Å². The van der Waals surface area contributed by atoms with E-state index in [-0.39, 0.29) is 17.3 Å². The molecule has 0 aromatic heterocycles. The average molecular weight is 360 g/mol. The molecule has 0 saturated carbocycles. The van der Waals surface area contributed by atoms with E-state index in [1.165, 1.54) is 0 Å². The van der Waals surface area contributed by atoms with Gasteiger partial charge in [0.15, 0.2) is 11.5 Å². The van der Waals surface area contributed by atoms with Crippen molar-refractivity contribution < 1.29 is 20.1 Å². The van der Waals surface area contributed by atoms with Gasteiger partial charge < -0.3 is 10.2 Å². The maximum Gasteiger partial charge on any atom is 0.313 e. The van der Waals surface area contributed by atoms with Crippen molar-refractivity contribution in [2.45, 2.75) is 40.5 Å². The number of aromatic hydroxyl groups is 2. The topological polar surface area (TPSA) is 127 Å². The number of phenolic OH excluding ortho intramolecular Hbond substituents is 2. The second-order valence-corrected chi connectivity index (χ2v) is 6.45. The molecule has 2 aromatic carbocycles. The number of rotatable bonds is 4. The van der Waals surface area contributed by atoms with Gasteiger partial charge in [0.2, 0.25) is 0 Å². The van der Waals surface area contributed by atoms with Crippen molar-refractivity contribution in [3.05, 3.63) is 65.7 Å². The highest BCUT2D eigenvalue weighted by molar-refractivity contribution is 5.63. The molecule has 0 radical (unpaired) electrons. The molecule has 2 rings (SSSR count). The summed E-state index contributed by atoms with van der Waals surface area (Å²) in [6, 6.07) is 3.26. The van der Waals surface area contributed by atoms with Crippen LogP contribution in [0.25, 0.3) is 0 Å². The van der Waals surface area contributed by atoms with E-state index in [0.29, 0.717) is 33.4 Å². The lowest BCUT2D eigenvalue weighted by Gasteiger charge is -2.20. The third kappa shape index (κ3) is 2.94. The van der Waals surface area contributed by atoms with Gasteiger partial charge in [0.25, 0.3) is 0 Å². The monoisotopic (exact) mass is 360 g/mol. The molecule has 2 N–H and O–H groups in total. The molecule has 2 aromatic rings. The van der Waals surface area contributed by atoms with E-state index >= 15 is 0 Å². The smallest absolute Gasteiger partial charge is 0.313 e. The summed E-state index contributed by atoms with van der Waals surface area (Å²) in [4.78, 5) is 21.0. The first kappa shape index (κ1) is 19.2. The van der Waals surface area contributed by atoms with Crippen LogP contribution in [0.3, 0.4) is 0 Å². The molecule has 0 saturated heterocycles. The maximum absolute atomic E-state index is 11.1. The molecule has 0 heterocycles. The van der Waals surface area contributed by atoms with Crippen LogP contribution in [0.4, 0.5) is 11.4 Å². The fraction of sp³-hybridized carbons (Fsp3) is 0.333. The fourth-order valence-corrected chi connectivity index (χ4v) is 3.35. The molecule has 0 aliphatic heterocycles. The van der Waals surface area contributed by atoms with Gasteiger partial charge in [-0.2, -0.15) is 0 Å². The number of nitrogens with zero attached hydrogens (tertiary/aromatic N) is 2. The third-order valence-electron chi connectivity index (χ3n) is 4.81. The van der Waals surface area contributed by atoms with Crippen molar-refractivity contribution in [1.82, 2.24) is 0 Å². The Morgan fingerprint density at radius 3 is 1.38 bits per heavy atom. The zero-order chi connectivity index (χ0) is 19.9. The molecule has 0 amide bonds. The predicted octanol–water partition coefficient (Wildman–Crippen LogP) is 4.30. The second-order valence-electron chi connectivity index (χ2n) is 6.45. The zero-order valence-corrected chi connectivity index (χ0v) is 15.2. The van der Waals surface area contributed by atoms with Crippen molar-refractivity contribution in [1.29, 1.82) is 0 Å². The molecule has 0 spiro atoms. The third-order valence-corrected chi connectivity index (χ3v) is 4.81. The highest BCUT2D eigenvalue weighted by Gasteiger charge is 2.28. The molecule has 0 aliphatic carbocycles. The molecule has 0 bridgehead atoms. The minimum absolute atomic E-state index is 0.320. The predicted molar refractivity (Wildman–Crippen MR) is 96.0 cm³/mol. The lowest BCUT2D eigenvalue weighted by Crippen LogP contribution is -2.06. The number of phenols is 2. The van der Waals surface area contributed by atoms with Gasteiger partial charge >= 0.3 is 11.4 Å². The van der Waals surface area contributed by atoms with Gasteiger partial charge in [0.05, 0.1) is 9.85 Å². The van der Waals surface area contributed by atoms with Gasteiger partial charge in [-0.15, -0.1) is 0 Å². The molecule has 26 heavy (non-hydrogen) atoms. The molecule has 138 valence electrons. The van der Waals surface area contributed by atoms with E-state index in [1.54, 1.807) is 39.8 Å². The first-order valence-electron chi connectivity index (χ1n) is 7.93. The summed E-state index contributed by atoms with van der Waals surface area (Å²) in [5.74, 6) is -1.12. The van der Waals surface area contributed by atoms with Crippen molar-refractivity contribution in [2.75, 3.05) is 0 Å². The standard InChI is InChI=1S/C18H20N2O6/c1-8-6-13(11(4)17(21)15(8)19(23)24)10(3)14-7-9(2)16(20(25)26)18(22)12(14)5/h6-7,10,21-22H,1-5H3. The Morgan fingerprint density at radius 1 is 0.808 bits per heavy atom. The lowest BCUT2D eigenvalue weighted by molar-refractivity contribution is -0.386. The van der Waals surface area contributed by atoms with Gasteiger partial charge in [-0.3, -0.25) is 20.2 Å². The Morgan fingerprint density at radius 2 is 1.12 bits per heavy atom. The molecular weight excluding hydrogens is 340 g/mol. The van der Waals surface area contributed by atoms with E-state index in [4.69, 9.17) is 0 Å². The van der Waals surface area contributed by atoms with Crippen LogP contribution >= 0.6 is 0 Å². The largest absolute Gasteiger partial charge is 0.502 e. The molecular formula is C18H20N2O6. The number of aryl methyl sites for hydroxylation is 2. The Balaban J connectivity index is 2.70. The molecule has 0 fully saturated rings. The quantitative estimate of drug-likeness (QED) is 0.618. The minimum Gasteiger partial charge on any atom is -0.502 e. The van der Waals surface area contributed by atoms with Crippen LogP contribution in [0.15, 0.2) is 12.1 Å². The molecule has 0 aliphatic rings. The van der Waals surface area contributed by atoms with Crippen LogP contribution in [0, 0.1) is 47.9 Å². The van der Waals surface area contributed by atoms with E-state index in [2.05, 4.69) is 0 Å². The summed E-state index contributed by atoms with van der Waals surface area (Å²) in [7, 11) is 0. The first-order valence-corrected chi connectivity index (χ1v) is 7.93. The van der Waals surface area contributed by atoms with Gasteiger partial charge in [-0.05, 0) is 51.0 Å². The highest BCUT2D eigenvalue weighted by Crippen LogP contribution is 2.43. The summed E-state index contributed by atoms with van der Waals surface area (Å²) < 4.78 is 0. The number of hydrogen-bond acceptors (Lipinski definition) is 6. The van der Waals surface area contributed by atoms with E-state index in [9.17, 15) is 30.4 Å². The Bertz CT molecular complexity index is 861. The minimum atomic E-state index is -0.626. The van der Waals surface area contributed by atoms with Crippen molar-refractivity contribution >= 4 is 11.4 Å². The van der Waals surface area contributed by atoms with Crippen LogP contribution < -0.4 is 0 Å². The maximum atomic E-state index is 11.1. The van der Waals surface area contributed by atoms with Crippen LogP contribution in [-0.4, -0.2) is 20.1 Å². The lowest BCUT2D eigenvalue weighted by atomic mass is 9.84. The first-order chi connectivity index (χ1) is 12.0. The normalized spacial score (nSPS) is 11.0. The van der Waals surface area contributed by atoms with Crippen LogP contribution in [-0.2, 0) is 0 Å². The summed E-state index contributed by atoms with van der Waals surface area (Å²) in [5, 5.41) is 42.8. The summed E-state index contributed by atoms with van der Waals surface area (Å²) in [6.45, 7) is 8.07. The summed E-state index contributed by atoms with van der Waals surface area (Å²) >= 11 is 0. The van der Waals surface area contributed by atoms with E-state index < -0.39 is 21.3 Å². The average Bonchev–Trinajstić information content (AvgIpc) is 2.53. The Kier molecular flexibility index (Phi) is 4.88. The fourth-order valence-electron chi connectivity index (χ4n) is 3.35. The number of benzene rings is 2. The van der Waals surface area contributed by atoms with Crippen LogP contribution in [0.2, 0.25) is 0 Å². The van der Waals surface area contributed by atoms with Gasteiger partial charge in [-0.1, -0.05) is 6.92 Å². The number of nitro groups is 2. The Hall–Kier alpha value is -3.16. The van der Waals surface area contributed by atoms with E-state index in [1.807, 2.05) is 6.92 Å². The van der Waals surface area contributed by atoms with Gasteiger partial charge in [0.1, 0.15) is 0 Å². The second kappa shape index (κ2) is 6.62. The summed E-state index contributed by atoms with van der Waals surface area (Å²) in [6.07, 6.45) is 0. The SMILES string of the molecule is Cc1cc(C(C)c2cc(C)c([N+](=O)[O-])c(O)c2C)c(C)c(O)c1[N+](=O)[O-]. The van der Waals surface area contributed by atoms with Crippen LogP contribution in [0.5, 0.6) is 11.5 Å². The highest BCUT2D eigenvalue weighted by atomic mass is 16.6. The Labute approximate surface area is 150 Å². The van der Waals surface area contributed by atoms with Gasteiger partial charge in [-0.25, -0.2) is 0 Å². The van der Waals surface area contributed by atoms with Crippen molar-refractivity contribution in [2.24, 2.45) is 0 Å². The summed E-state index contributed by atoms with van der Waals surface area (Å²) in [5.41, 5.74) is 2.01. The molecule has 0 unspecified atom stereocenters. The molecule has 0 atom stereocenters. The number of hydrogen-bond donors (Lipinski definition) is 2. The van der Waals surface area contributed by atoms with Crippen molar-refractivity contribution in [3.8, 4) is 11.5 Å². The van der Waals surface area contributed by atoms with Gasteiger partial charge in [0, 0.05) is 28.2 Å². The molecule has 8 heteroatoms. The zero-order valence-electron chi connectivity index (χ0n) is 15.2. The molecule has 8 nitrogen and oxygen atoms in total. The van der Waals surface area contributed by atoms with E-state index in [0.717, 1.165) is 0 Å². The number of nitro benzene ring substituents is 2. The van der Waals surface area contributed by atoms with Crippen LogP contribution in [0.1, 0.15) is 46.2 Å².